The molecule has 0 aromatic heterocycles. The van der Waals surface area contributed by atoms with Gasteiger partial charge in [0, 0.05) is 28.7 Å². The molecule has 1 aromatic carbocycles. The number of benzene rings is 1. The molecule has 0 spiro atoms. The number of piperazine rings is 2. The van der Waals surface area contributed by atoms with Gasteiger partial charge in [0.05, 0.1) is 6.54 Å². The van der Waals surface area contributed by atoms with Crippen molar-refractivity contribution in [2.24, 2.45) is 5.73 Å². The van der Waals surface area contributed by atoms with E-state index in [2.05, 4.69) is 5.32 Å². The Labute approximate surface area is 167 Å². The lowest BCUT2D eigenvalue weighted by molar-refractivity contribution is -0.152. The topological polar surface area (TPSA) is 95.7 Å². The van der Waals surface area contributed by atoms with Crippen LogP contribution in [0.2, 0.25) is 10.0 Å². The van der Waals surface area contributed by atoms with E-state index in [9.17, 15) is 14.4 Å². The highest BCUT2D eigenvalue weighted by Crippen LogP contribution is 2.23. The number of carbonyl (C=O) groups excluding carboxylic acids is 3. The second kappa shape index (κ2) is 8.46. The fourth-order valence-corrected chi connectivity index (χ4v) is 4.06. The zero-order chi connectivity index (χ0) is 19.6. The van der Waals surface area contributed by atoms with E-state index in [1.54, 1.807) is 28.0 Å². The fraction of sp³-hybridized carbons (Fsp3) is 0.500. The number of carbonyl (C=O) groups is 3. The summed E-state index contributed by atoms with van der Waals surface area (Å²) >= 11 is 11.9. The number of fused-ring (bicyclic) bond motifs is 1. The molecule has 1 aromatic rings. The summed E-state index contributed by atoms with van der Waals surface area (Å²) < 4.78 is 0. The van der Waals surface area contributed by atoms with Gasteiger partial charge in [-0.2, -0.15) is 0 Å². The monoisotopic (exact) mass is 412 g/mol. The summed E-state index contributed by atoms with van der Waals surface area (Å²) in [7, 11) is 0. The number of hydrogen-bond acceptors (Lipinski definition) is 4. The van der Waals surface area contributed by atoms with Crippen molar-refractivity contribution in [2.75, 3.05) is 26.2 Å². The number of halogens is 2. The Balaban J connectivity index is 1.69. The number of nitrogens with zero attached hydrogens (tertiary/aromatic N) is 2. The van der Waals surface area contributed by atoms with Gasteiger partial charge in [-0.1, -0.05) is 23.2 Å². The van der Waals surface area contributed by atoms with Crippen LogP contribution in [0.1, 0.15) is 29.6 Å². The zero-order valence-corrected chi connectivity index (χ0v) is 16.3. The number of amides is 3. The second-order valence-electron chi connectivity index (χ2n) is 6.80. The summed E-state index contributed by atoms with van der Waals surface area (Å²) in [5, 5.41) is 3.53. The molecule has 27 heavy (non-hydrogen) atoms. The van der Waals surface area contributed by atoms with Crippen molar-refractivity contribution in [3.8, 4) is 0 Å². The third-order valence-electron chi connectivity index (χ3n) is 4.92. The number of nitrogens with one attached hydrogen (secondary N) is 1. The molecule has 2 aliphatic heterocycles. The average Bonchev–Trinajstić information content (AvgIpc) is 2.64. The molecule has 2 heterocycles. The molecule has 0 aliphatic carbocycles. The molecule has 0 bridgehead atoms. The highest BCUT2D eigenvalue weighted by atomic mass is 35.5. The Hall–Kier alpha value is -1.83. The molecule has 2 fully saturated rings. The maximum absolute atomic E-state index is 12.8. The smallest absolute Gasteiger partial charge is 0.254 e. The molecule has 3 rings (SSSR count). The number of nitrogens with two attached hydrogens (primary N) is 1. The van der Waals surface area contributed by atoms with Crippen molar-refractivity contribution in [1.82, 2.24) is 15.1 Å². The van der Waals surface area contributed by atoms with Gasteiger partial charge < -0.3 is 20.9 Å². The first-order valence-corrected chi connectivity index (χ1v) is 9.72. The fourth-order valence-electron chi connectivity index (χ4n) is 3.53. The van der Waals surface area contributed by atoms with Gasteiger partial charge in [0.1, 0.15) is 12.1 Å². The van der Waals surface area contributed by atoms with E-state index < -0.39 is 12.1 Å². The standard InChI is InChI=1S/C18H22Cl2N4O3/c19-12-7-11(8-13(20)9-12)17(26)23-5-6-24-15(10-23)16(25)22-14(18(24)27)3-1-2-4-21/h7-9,14-15H,1-6,10,21H2,(H,22,25)/t14-,15+/m0/s1. The van der Waals surface area contributed by atoms with Gasteiger partial charge in [0.2, 0.25) is 11.8 Å². The normalized spacial score (nSPS) is 22.5. The molecule has 0 radical (unpaired) electrons. The van der Waals surface area contributed by atoms with Crippen molar-refractivity contribution in [3.63, 3.8) is 0 Å². The van der Waals surface area contributed by atoms with Crippen LogP contribution in [-0.4, -0.2) is 65.8 Å². The van der Waals surface area contributed by atoms with Crippen LogP contribution in [0.4, 0.5) is 0 Å². The molecule has 2 saturated heterocycles. The van der Waals surface area contributed by atoms with E-state index in [1.807, 2.05) is 0 Å². The van der Waals surface area contributed by atoms with E-state index in [-0.39, 0.29) is 24.3 Å². The lowest BCUT2D eigenvalue weighted by Gasteiger charge is -2.45. The first kappa shape index (κ1) is 19.9. The van der Waals surface area contributed by atoms with Gasteiger partial charge in [0.15, 0.2) is 0 Å². The summed E-state index contributed by atoms with van der Waals surface area (Å²) in [4.78, 5) is 41.1. The number of hydrogen-bond donors (Lipinski definition) is 2. The van der Waals surface area contributed by atoms with Crippen LogP contribution in [0.5, 0.6) is 0 Å². The van der Waals surface area contributed by atoms with Crippen LogP contribution >= 0.6 is 23.2 Å². The molecule has 9 heteroatoms. The minimum atomic E-state index is -0.671. The van der Waals surface area contributed by atoms with Gasteiger partial charge in [0.25, 0.3) is 5.91 Å². The average molecular weight is 413 g/mol. The van der Waals surface area contributed by atoms with Crippen LogP contribution in [-0.2, 0) is 9.59 Å². The Bertz CT molecular complexity index is 738. The number of rotatable bonds is 5. The Kier molecular flexibility index (Phi) is 6.24. The Morgan fingerprint density at radius 1 is 1.15 bits per heavy atom. The highest BCUT2D eigenvalue weighted by molar-refractivity contribution is 6.35. The lowest BCUT2D eigenvalue weighted by atomic mass is 10.00. The summed E-state index contributed by atoms with van der Waals surface area (Å²) in [6.45, 7) is 1.39. The van der Waals surface area contributed by atoms with Crippen LogP contribution in [0.15, 0.2) is 18.2 Å². The van der Waals surface area contributed by atoms with Gasteiger partial charge in [-0.3, -0.25) is 14.4 Å². The van der Waals surface area contributed by atoms with Crippen LogP contribution < -0.4 is 11.1 Å². The molecular weight excluding hydrogens is 391 g/mol. The van der Waals surface area contributed by atoms with Crippen LogP contribution in [0.3, 0.4) is 0 Å². The minimum Gasteiger partial charge on any atom is -0.342 e. The molecule has 2 atom stereocenters. The zero-order valence-electron chi connectivity index (χ0n) is 14.8. The molecular formula is C18H22Cl2N4O3. The Morgan fingerprint density at radius 3 is 2.52 bits per heavy atom. The second-order valence-corrected chi connectivity index (χ2v) is 7.68. The largest absolute Gasteiger partial charge is 0.342 e. The molecule has 0 saturated carbocycles. The summed E-state index contributed by atoms with van der Waals surface area (Å²) in [5.74, 6) is -0.576. The minimum absolute atomic E-state index is 0.0884. The van der Waals surface area contributed by atoms with E-state index in [1.165, 1.54) is 0 Å². The highest BCUT2D eigenvalue weighted by Gasteiger charge is 2.44. The molecule has 146 valence electrons. The third kappa shape index (κ3) is 4.36. The molecule has 7 nitrogen and oxygen atoms in total. The van der Waals surface area contributed by atoms with Crippen molar-refractivity contribution in [3.05, 3.63) is 33.8 Å². The third-order valence-corrected chi connectivity index (χ3v) is 5.36. The van der Waals surface area contributed by atoms with Crippen molar-refractivity contribution in [2.45, 2.75) is 31.3 Å². The van der Waals surface area contributed by atoms with Crippen molar-refractivity contribution < 1.29 is 14.4 Å². The van der Waals surface area contributed by atoms with E-state index in [0.717, 1.165) is 12.8 Å². The predicted molar refractivity (Wildman–Crippen MR) is 103 cm³/mol. The van der Waals surface area contributed by atoms with E-state index in [0.29, 0.717) is 41.7 Å². The van der Waals surface area contributed by atoms with Gasteiger partial charge in [-0.05, 0) is 44.0 Å². The van der Waals surface area contributed by atoms with Gasteiger partial charge in [-0.15, -0.1) is 0 Å². The SMILES string of the molecule is NCCCC[C@@H]1NC(=O)[C@H]2CN(C(=O)c3cc(Cl)cc(Cl)c3)CCN2C1=O. The van der Waals surface area contributed by atoms with Crippen molar-refractivity contribution in [1.29, 1.82) is 0 Å². The summed E-state index contributed by atoms with van der Waals surface area (Å²) in [6.07, 6.45) is 2.17. The maximum Gasteiger partial charge on any atom is 0.254 e. The van der Waals surface area contributed by atoms with Crippen LogP contribution in [0.25, 0.3) is 0 Å². The predicted octanol–water partition coefficient (Wildman–Crippen LogP) is 1.27. The molecule has 3 N–H and O–H groups in total. The first-order chi connectivity index (χ1) is 12.9. The Morgan fingerprint density at radius 2 is 1.85 bits per heavy atom. The van der Waals surface area contributed by atoms with Crippen molar-refractivity contribution >= 4 is 40.9 Å². The molecule has 0 unspecified atom stereocenters. The number of unbranched alkanes of at least 4 members (excludes halogenated alkanes) is 1. The van der Waals surface area contributed by atoms with E-state index >= 15 is 0 Å². The van der Waals surface area contributed by atoms with E-state index in [4.69, 9.17) is 28.9 Å². The first-order valence-electron chi connectivity index (χ1n) is 8.97. The summed E-state index contributed by atoms with van der Waals surface area (Å²) in [5.41, 5.74) is 5.85. The quantitative estimate of drug-likeness (QED) is 0.711. The summed E-state index contributed by atoms with van der Waals surface area (Å²) in [6, 6.07) is 3.46. The van der Waals surface area contributed by atoms with Crippen LogP contribution in [0, 0.1) is 0 Å². The molecule has 2 aliphatic rings. The lowest BCUT2D eigenvalue weighted by Crippen LogP contribution is -2.69. The van der Waals surface area contributed by atoms with Gasteiger partial charge >= 0.3 is 0 Å². The molecule has 3 amide bonds. The van der Waals surface area contributed by atoms with Gasteiger partial charge in [-0.25, -0.2) is 0 Å². The maximum atomic E-state index is 12.8.